The van der Waals surface area contributed by atoms with Gasteiger partial charge in [-0.05, 0) is 37.9 Å². The molecule has 2 aliphatic rings. The topological polar surface area (TPSA) is 201 Å². The first kappa shape index (κ1) is 23.8. The zero-order valence-electron chi connectivity index (χ0n) is 16.9. The molecule has 0 aromatic heterocycles. The fraction of sp³-hybridized carbons (Fsp3) is 0.588. The number of primary sulfonamides is 1. The van der Waals surface area contributed by atoms with Crippen molar-refractivity contribution in [3.8, 4) is 0 Å². The molecule has 1 aromatic rings. The number of amidine groups is 1. The van der Waals surface area contributed by atoms with Crippen LogP contribution in [0.25, 0.3) is 0 Å². The number of sulfonamides is 1. The Hall–Kier alpha value is -1.81. The summed E-state index contributed by atoms with van der Waals surface area (Å²) in [5, 5.41) is 26.3. The lowest BCUT2D eigenvalue weighted by Gasteiger charge is -2.26. The minimum absolute atomic E-state index is 0.00464. The molecular weight excluding hydrogens is 444 g/mol. The van der Waals surface area contributed by atoms with E-state index in [-0.39, 0.29) is 28.4 Å². The molecule has 1 aromatic carbocycles. The summed E-state index contributed by atoms with van der Waals surface area (Å²) in [5.74, 6) is -0.384. The van der Waals surface area contributed by atoms with Gasteiger partial charge in [0.2, 0.25) is 10.0 Å². The van der Waals surface area contributed by atoms with Gasteiger partial charge in [-0.3, -0.25) is 10.7 Å². The van der Waals surface area contributed by atoms with Gasteiger partial charge in [0.05, 0.1) is 5.56 Å². The van der Waals surface area contributed by atoms with Gasteiger partial charge in [0.1, 0.15) is 4.90 Å². The number of rotatable bonds is 9. The van der Waals surface area contributed by atoms with Crippen LogP contribution in [0.2, 0.25) is 0 Å². The number of anilines is 1. The molecule has 0 amide bonds. The monoisotopic (exact) mass is 472 g/mol. The van der Waals surface area contributed by atoms with Gasteiger partial charge in [-0.15, -0.1) is 0 Å². The first-order chi connectivity index (χ1) is 14.8. The van der Waals surface area contributed by atoms with Crippen LogP contribution in [-0.2, 0) is 25.9 Å². The van der Waals surface area contributed by atoms with Gasteiger partial charge in [-0.2, -0.15) is 5.53 Å². The molecule has 2 heterocycles. The van der Waals surface area contributed by atoms with Crippen molar-refractivity contribution in [3.63, 3.8) is 0 Å². The van der Waals surface area contributed by atoms with Gasteiger partial charge in [-0.1, -0.05) is 5.22 Å². The smallest absolute Gasteiger partial charge is 0.243 e. The second kappa shape index (κ2) is 10.7. The third-order valence-corrected chi connectivity index (χ3v) is 7.60. The number of nitrogens with zero attached hydrogens (tertiary/aromatic N) is 1. The number of ether oxygens (including phenoxy) is 1. The van der Waals surface area contributed by atoms with E-state index in [0.717, 1.165) is 19.5 Å². The summed E-state index contributed by atoms with van der Waals surface area (Å²) in [7, 11) is -4.35. The Morgan fingerprint density at radius 2 is 2.06 bits per heavy atom. The number of nitrogens with two attached hydrogens (primary N) is 1. The van der Waals surface area contributed by atoms with Crippen molar-refractivity contribution < 1.29 is 17.7 Å². The molecule has 2 aliphatic heterocycles. The quantitative estimate of drug-likeness (QED) is 0.0841. The summed E-state index contributed by atoms with van der Waals surface area (Å²) in [6.07, 6.45) is 2.31. The van der Waals surface area contributed by atoms with Crippen LogP contribution in [0, 0.1) is 10.9 Å². The second-order valence-electron chi connectivity index (χ2n) is 7.37. The van der Waals surface area contributed by atoms with Gasteiger partial charge in [0, 0.05) is 48.7 Å². The Morgan fingerprint density at radius 1 is 1.32 bits per heavy atom. The zero-order chi connectivity index (χ0) is 22.4. The van der Waals surface area contributed by atoms with Crippen molar-refractivity contribution in [1.82, 2.24) is 16.1 Å². The molecule has 0 spiro atoms. The Morgan fingerprint density at radius 3 is 2.68 bits per heavy atom. The van der Waals surface area contributed by atoms with Crippen LogP contribution in [0.4, 0.5) is 5.69 Å². The van der Waals surface area contributed by atoms with Crippen LogP contribution in [0.3, 0.4) is 0 Å². The number of nitrogens with one attached hydrogen (secondary N) is 6. The Balaban J connectivity index is 1.98. The first-order valence-electron chi connectivity index (χ1n) is 9.89. The molecule has 2 fully saturated rings. The van der Waals surface area contributed by atoms with Crippen LogP contribution in [0.15, 0.2) is 27.1 Å². The summed E-state index contributed by atoms with van der Waals surface area (Å²) >= 11 is -1.73. The molecule has 1 unspecified atom stereocenters. The van der Waals surface area contributed by atoms with E-state index < -0.39 is 31.9 Å². The van der Waals surface area contributed by atoms with Gasteiger partial charge in [0.15, 0.2) is 16.6 Å². The fourth-order valence-electron chi connectivity index (χ4n) is 3.67. The average molecular weight is 473 g/mol. The average Bonchev–Trinajstić information content (AvgIpc) is 3.25. The van der Waals surface area contributed by atoms with E-state index in [4.69, 9.17) is 20.8 Å². The zero-order valence-corrected chi connectivity index (χ0v) is 18.6. The van der Waals surface area contributed by atoms with E-state index in [1.54, 1.807) is 6.07 Å². The summed E-state index contributed by atoms with van der Waals surface area (Å²) in [5.41, 5.74) is 9.43. The molecule has 2 atom stereocenters. The fourth-order valence-corrected chi connectivity index (χ4v) is 6.21. The van der Waals surface area contributed by atoms with Gasteiger partial charge in [-0.25, -0.2) is 19.0 Å². The van der Waals surface area contributed by atoms with Crippen LogP contribution >= 0.6 is 0 Å². The maximum absolute atomic E-state index is 13.0. The highest BCUT2D eigenvalue weighted by Crippen LogP contribution is 2.32. The van der Waals surface area contributed by atoms with Crippen molar-refractivity contribution >= 4 is 32.7 Å². The third kappa shape index (κ3) is 6.12. The van der Waals surface area contributed by atoms with Gasteiger partial charge >= 0.3 is 0 Å². The molecule has 31 heavy (non-hydrogen) atoms. The standard InChI is InChI=1S/C17H28N8O4S2/c18-17(24-25-19)15-13(23-11-4-7-29-8-5-11)1-2-14(16(15)31(20,27)28)30(26)10-22-12-3-6-21-9-12/h1-2,11-12,21-23H,3-10H2,(H3,18,19,24)(H2,20,27,28)/t12-,30?/m1/s1. The van der Waals surface area contributed by atoms with Crippen molar-refractivity contribution in [1.29, 1.82) is 10.9 Å². The Labute approximate surface area is 184 Å². The van der Waals surface area contributed by atoms with E-state index in [1.807, 2.05) is 0 Å². The highest BCUT2D eigenvalue weighted by molar-refractivity contribution is 7.93. The summed E-state index contributed by atoms with van der Waals surface area (Å²) < 4.78 is 43.5. The second-order valence-corrected chi connectivity index (χ2v) is 10.3. The predicted molar refractivity (Wildman–Crippen MR) is 116 cm³/mol. The van der Waals surface area contributed by atoms with E-state index in [2.05, 4.69) is 26.6 Å². The highest BCUT2D eigenvalue weighted by Gasteiger charge is 2.32. The number of hydrogen-bond acceptors (Lipinski definition) is 10. The Kier molecular flexibility index (Phi) is 8.21. The van der Waals surface area contributed by atoms with Gasteiger partial charge in [0.25, 0.3) is 0 Å². The molecule has 0 saturated carbocycles. The van der Waals surface area contributed by atoms with Crippen molar-refractivity contribution in [2.75, 3.05) is 37.5 Å². The van der Waals surface area contributed by atoms with E-state index in [9.17, 15) is 13.0 Å². The van der Waals surface area contributed by atoms with Crippen molar-refractivity contribution in [3.05, 3.63) is 17.7 Å². The number of hydrogen-bond donors (Lipinski definition) is 7. The van der Waals surface area contributed by atoms with Crippen LogP contribution in [0.1, 0.15) is 24.8 Å². The summed E-state index contributed by atoms with van der Waals surface area (Å²) in [6.45, 7) is 2.74. The normalized spacial score (nSPS) is 20.9. The lowest BCUT2D eigenvalue weighted by Crippen LogP contribution is -2.36. The van der Waals surface area contributed by atoms with E-state index in [1.165, 1.54) is 6.07 Å². The van der Waals surface area contributed by atoms with Crippen molar-refractivity contribution in [2.24, 2.45) is 10.4 Å². The van der Waals surface area contributed by atoms with Crippen LogP contribution in [0.5, 0.6) is 0 Å². The summed E-state index contributed by atoms with van der Waals surface area (Å²) in [4.78, 5) is -0.402. The molecule has 0 bridgehead atoms. The van der Waals surface area contributed by atoms with Crippen LogP contribution < -0.4 is 26.5 Å². The molecule has 0 aliphatic carbocycles. The predicted octanol–water partition coefficient (Wildman–Crippen LogP) is -0.198. The lowest BCUT2D eigenvalue weighted by molar-refractivity contribution is 0.0904. The van der Waals surface area contributed by atoms with E-state index >= 15 is 0 Å². The lowest BCUT2D eigenvalue weighted by atomic mass is 10.1. The molecule has 8 N–H and O–H groups in total. The molecule has 0 radical (unpaired) electrons. The molecule has 3 rings (SSSR count). The van der Waals surface area contributed by atoms with E-state index in [0.29, 0.717) is 31.7 Å². The molecule has 172 valence electrons. The van der Waals surface area contributed by atoms with Gasteiger partial charge < -0.3 is 19.9 Å². The van der Waals surface area contributed by atoms with Crippen LogP contribution in [-0.4, -0.2) is 63.1 Å². The SMILES string of the molecule is N=NNC(=N)c1c(NC2CCOCC2)ccc([S+]([O-])CN[C@@H]2CCNC2)c1S(N)(=O)=O. The molecular formula is C17H28N8O4S2. The summed E-state index contributed by atoms with van der Waals surface area (Å²) in [6, 6.07) is 3.21. The number of benzene rings is 1. The maximum Gasteiger partial charge on any atom is 0.243 e. The molecule has 2 saturated heterocycles. The first-order valence-corrected chi connectivity index (χ1v) is 12.8. The molecule has 12 nitrogen and oxygen atoms in total. The largest absolute Gasteiger partial charge is 0.610 e. The third-order valence-electron chi connectivity index (χ3n) is 5.21. The van der Waals surface area contributed by atoms with Crippen molar-refractivity contribution in [2.45, 2.75) is 41.1 Å². The minimum Gasteiger partial charge on any atom is -0.610 e. The Bertz CT molecular complexity index is 902. The minimum atomic E-state index is -4.35. The highest BCUT2D eigenvalue weighted by atomic mass is 32.2. The molecule has 14 heteroatoms. The maximum atomic E-state index is 13.0.